The number of thiocarbonyl (C=S) groups is 1. The lowest BCUT2D eigenvalue weighted by atomic mass is 10.3. The molecule has 70 valence electrons. The predicted octanol–water partition coefficient (Wildman–Crippen LogP) is 1.92. The summed E-state index contributed by atoms with van der Waals surface area (Å²) in [5.41, 5.74) is 3.55. The summed E-state index contributed by atoms with van der Waals surface area (Å²) in [6, 6.07) is 9.68. The maximum absolute atomic E-state index is 4.95. The summed E-state index contributed by atoms with van der Waals surface area (Å²) in [5.74, 6) is 0. The Labute approximate surface area is 83.1 Å². The van der Waals surface area contributed by atoms with E-state index in [1.54, 1.807) is 0 Å². The van der Waals surface area contributed by atoms with Crippen molar-refractivity contribution < 1.29 is 4.84 Å². The first-order valence-corrected chi connectivity index (χ1v) is 4.47. The van der Waals surface area contributed by atoms with Gasteiger partial charge in [-0.05, 0) is 31.3 Å². The number of hydrogen-bond donors (Lipinski definition) is 2. The summed E-state index contributed by atoms with van der Waals surface area (Å²) in [6.07, 6.45) is 0. The topological polar surface area (TPSA) is 33.3 Å². The third-order valence-electron chi connectivity index (χ3n) is 1.34. The van der Waals surface area contributed by atoms with E-state index in [1.165, 1.54) is 0 Å². The number of anilines is 1. The van der Waals surface area contributed by atoms with Crippen LogP contribution in [0.15, 0.2) is 30.3 Å². The molecular formula is C9H12N2OS. The Morgan fingerprint density at radius 1 is 1.38 bits per heavy atom. The van der Waals surface area contributed by atoms with E-state index < -0.39 is 0 Å². The molecule has 13 heavy (non-hydrogen) atoms. The van der Waals surface area contributed by atoms with Gasteiger partial charge >= 0.3 is 0 Å². The van der Waals surface area contributed by atoms with E-state index in [9.17, 15) is 0 Å². The van der Waals surface area contributed by atoms with Crippen LogP contribution in [-0.2, 0) is 4.84 Å². The van der Waals surface area contributed by atoms with E-state index in [0.29, 0.717) is 11.7 Å². The Hall–Kier alpha value is -1.13. The Morgan fingerprint density at radius 2 is 2.08 bits per heavy atom. The predicted molar refractivity (Wildman–Crippen MR) is 57.4 cm³/mol. The molecule has 0 aliphatic heterocycles. The largest absolute Gasteiger partial charge is 0.331 e. The minimum absolute atomic E-state index is 0.466. The van der Waals surface area contributed by atoms with Gasteiger partial charge < -0.3 is 5.32 Å². The van der Waals surface area contributed by atoms with Crippen LogP contribution in [0.5, 0.6) is 0 Å². The molecule has 0 bridgehead atoms. The van der Waals surface area contributed by atoms with Gasteiger partial charge in [0.2, 0.25) is 0 Å². The first kappa shape index (κ1) is 9.95. The molecule has 0 aliphatic carbocycles. The van der Waals surface area contributed by atoms with Gasteiger partial charge in [0.05, 0.1) is 6.61 Å². The van der Waals surface area contributed by atoms with Gasteiger partial charge in [-0.1, -0.05) is 18.2 Å². The van der Waals surface area contributed by atoms with Gasteiger partial charge in [0.1, 0.15) is 0 Å². The van der Waals surface area contributed by atoms with Crippen molar-refractivity contribution in [3.05, 3.63) is 30.3 Å². The molecule has 0 unspecified atom stereocenters. The van der Waals surface area contributed by atoms with E-state index in [0.717, 1.165) is 5.69 Å². The van der Waals surface area contributed by atoms with Crippen LogP contribution >= 0.6 is 12.2 Å². The zero-order valence-electron chi connectivity index (χ0n) is 7.41. The van der Waals surface area contributed by atoms with Gasteiger partial charge in [-0.2, -0.15) is 0 Å². The van der Waals surface area contributed by atoms with E-state index in [-0.39, 0.29) is 0 Å². The molecule has 0 fully saturated rings. The summed E-state index contributed by atoms with van der Waals surface area (Å²) < 4.78 is 0. The average molecular weight is 196 g/mol. The highest BCUT2D eigenvalue weighted by Crippen LogP contribution is 2.03. The highest BCUT2D eigenvalue weighted by molar-refractivity contribution is 7.80. The van der Waals surface area contributed by atoms with Crippen LogP contribution < -0.4 is 10.8 Å². The molecule has 0 saturated heterocycles. The Morgan fingerprint density at radius 3 is 2.69 bits per heavy atom. The fourth-order valence-corrected chi connectivity index (χ4v) is 0.993. The van der Waals surface area contributed by atoms with Crippen molar-refractivity contribution >= 4 is 23.0 Å². The fraction of sp³-hybridized carbons (Fsp3) is 0.222. The van der Waals surface area contributed by atoms with Gasteiger partial charge in [0, 0.05) is 5.69 Å². The number of nitrogens with one attached hydrogen (secondary N) is 2. The van der Waals surface area contributed by atoms with E-state index in [4.69, 9.17) is 17.1 Å². The van der Waals surface area contributed by atoms with Gasteiger partial charge in [-0.3, -0.25) is 4.84 Å². The van der Waals surface area contributed by atoms with Crippen LogP contribution in [0.4, 0.5) is 5.69 Å². The molecule has 0 amide bonds. The second kappa shape index (κ2) is 5.50. The standard InChI is InChI=1S/C9H12N2OS/c1-2-12-11-9(13)10-8-6-4-3-5-7-8/h3-7H,2H2,1H3,(H2,10,11,13). The number of hydrogen-bond acceptors (Lipinski definition) is 2. The van der Waals surface area contributed by atoms with Crippen LogP contribution in [0, 0.1) is 0 Å². The smallest absolute Gasteiger partial charge is 0.195 e. The molecule has 0 aliphatic rings. The molecule has 0 atom stereocenters. The molecule has 1 aromatic rings. The van der Waals surface area contributed by atoms with Crippen molar-refractivity contribution in [1.82, 2.24) is 5.48 Å². The second-order valence-electron chi connectivity index (χ2n) is 2.36. The Balaban J connectivity index is 2.37. The van der Waals surface area contributed by atoms with Crippen LogP contribution in [0.3, 0.4) is 0 Å². The number of benzene rings is 1. The molecule has 4 heteroatoms. The van der Waals surface area contributed by atoms with Gasteiger partial charge in [-0.25, -0.2) is 5.48 Å². The summed E-state index contributed by atoms with van der Waals surface area (Å²) >= 11 is 4.95. The van der Waals surface area contributed by atoms with Crippen LogP contribution in [0.1, 0.15) is 6.92 Å². The van der Waals surface area contributed by atoms with Crippen molar-refractivity contribution in [1.29, 1.82) is 0 Å². The quantitative estimate of drug-likeness (QED) is 0.571. The van der Waals surface area contributed by atoms with Crippen molar-refractivity contribution in [2.24, 2.45) is 0 Å². The van der Waals surface area contributed by atoms with Crippen LogP contribution in [0.2, 0.25) is 0 Å². The van der Waals surface area contributed by atoms with Crippen molar-refractivity contribution in [2.45, 2.75) is 6.92 Å². The van der Waals surface area contributed by atoms with Crippen LogP contribution in [-0.4, -0.2) is 11.7 Å². The van der Waals surface area contributed by atoms with E-state index >= 15 is 0 Å². The summed E-state index contributed by atoms with van der Waals surface area (Å²) in [5, 5.41) is 3.44. The molecule has 0 aromatic heterocycles. The Bertz CT molecular complexity index is 264. The average Bonchev–Trinajstić information content (AvgIpc) is 2.16. The first-order chi connectivity index (χ1) is 6.33. The van der Waals surface area contributed by atoms with E-state index in [2.05, 4.69) is 10.8 Å². The summed E-state index contributed by atoms with van der Waals surface area (Å²) in [4.78, 5) is 4.91. The van der Waals surface area contributed by atoms with Gasteiger partial charge in [0.15, 0.2) is 5.11 Å². The SMILES string of the molecule is CCONC(=S)Nc1ccccc1. The zero-order valence-corrected chi connectivity index (χ0v) is 8.23. The molecule has 1 rings (SSSR count). The third-order valence-corrected chi connectivity index (χ3v) is 1.53. The number of para-hydroxylation sites is 1. The fourth-order valence-electron chi connectivity index (χ4n) is 0.816. The molecular weight excluding hydrogens is 184 g/mol. The molecule has 3 nitrogen and oxygen atoms in total. The van der Waals surface area contributed by atoms with E-state index in [1.807, 2.05) is 37.3 Å². The number of rotatable bonds is 3. The summed E-state index contributed by atoms with van der Waals surface area (Å²) in [6.45, 7) is 2.47. The van der Waals surface area contributed by atoms with Gasteiger partial charge in [-0.15, -0.1) is 0 Å². The highest BCUT2D eigenvalue weighted by Gasteiger charge is 1.94. The molecule has 0 saturated carbocycles. The van der Waals surface area contributed by atoms with Crippen molar-refractivity contribution in [3.63, 3.8) is 0 Å². The molecule has 0 radical (unpaired) electrons. The summed E-state index contributed by atoms with van der Waals surface area (Å²) in [7, 11) is 0. The van der Waals surface area contributed by atoms with Crippen molar-refractivity contribution in [3.8, 4) is 0 Å². The van der Waals surface area contributed by atoms with Crippen LogP contribution in [0.25, 0.3) is 0 Å². The molecule has 0 spiro atoms. The maximum atomic E-state index is 4.95. The monoisotopic (exact) mass is 196 g/mol. The minimum Gasteiger partial charge on any atom is -0.331 e. The third kappa shape index (κ3) is 3.87. The Kier molecular flexibility index (Phi) is 4.21. The molecule has 1 aromatic carbocycles. The molecule has 2 N–H and O–H groups in total. The lowest BCUT2D eigenvalue weighted by Gasteiger charge is -2.08. The molecule has 0 heterocycles. The highest BCUT2D eigenvalue weighted by atomic mass is 32.1. The lowest BCUT2D eigenvalue weighted by molar-refractivity contribution is 0.0986. The second-order valence-corrected chi connectivity index (χ2v) is 2.76. The zero-order chi connectivity index (χ0) is 9.52. The van der Waals surface area contributed by atoms with Gasteiger partial charge in [0.25, 0.3) is 0 Å². The lowest BCUT2D eigenvalue weighted by Crippen LogP contribution is -2.28. The normalized spacial score (nSPS) is 9.31. The minimum atomic E-state index is 0.466. The van der Waals surface area contributed by atoms with Crippen molar-refractivity contribution in [2.75, 3.05) is 11.9 Å². The maximum Gasteiger partial charge on any atom is 0.195 e. The first-order valence-electron chi connectivity index (χ1n) is 4.06. The number of hydroxylamine groups is 1.